The molecule has 0 bridgehead atoms. The van der Waals surface area contributed by atoms with Gasteiger partial charge in [0.15, 0.2) is 6.04 Å². The molecule has 0 aliphatic rings. The smallest absolute Gasteiger partial charge is 0.416 e. The van der Waals surface area contributed by atoms with Crippen molar-refractivity contribution in [3.8, 4) is 11.3 Å². The third-order valence-electron chi connectivity index (χ3n) is 6.62. The minimum Gasteiger partial charge on any atom is -0.481 e. The van der Waals surface area contributed by atoms with Crippen LogP contribution in [0.4, 0.5) is 26.3 Å². The summed E-state index contributed by atoms with van der Waals surface area (Å²) >= 11 is 0. The highest BCUT2D eigenvalue weighted by molar-refractivity contribution is 5.97. The molecule has 1 unspecified atom stereocenters. The van der Waals surface area contributed by atoms with Crippen molar-refractivity contribution in [3.05, 3.63) is 95.2 Å². The van der Waals surface area contributed by atoms with Gasteiger partial charge in [0, 0.05) is 17.5 Å². The van der Waals surface area contributed by atoms with E-state index < -0.39 is 35.8 Å². The molecule has 4 aromatic rings. The summed E-state index contributed by atoms with van der Waals surface area (Å²) in [5.74, 6) is -2.23. The van der Waals surface area contributed by atoms with Crippen molar-refractivity contribution in [2.24, 2.45) is 5.92 Å². The standard InChI is InChI=1S/C30H25F6N3O3/c1-17(15-25(40)41)7-13-23-26(18-8-11-21(12-9-18)29(31,32)33)38-22-14-10-20(16-24(22)37-23)28(42)39-27(30(34,35)36)19-5-3-2-4-6-19/h2-6,8-12,14,16-17,27H,7,13,15H2,1H3,(H,39,42)(H,40,41)/t17?,27-/m0/s1. The lowest BCUT2D eigenvalue weighted by molar-refractivity contribution is -0.155. The van der Waals surface area contributed by atoms with E-state index in [4.69, 9.17) is 5.11 Å². The van der Waals surface area contributed by atoms with E-state index >= 15 is 0 Å². The number of benzene rings is 3. The molecule has 2 N–H and O–H groups in total. The zero-order valence-electron chi connectivity index (χ0n) is 22.1. The number of aliphatic carboxylic acids is 1. The van der Waals surface area contributed by atoms with Crippen LogP contribution in [0, 0.1) is 5.92 Å². The van der Waals surface area contributed by atoms with Crippen molar-refractivity contribution in [1.82, 2.24) is 15.3 Å². The fourth-order valence-corrected chi connectivity index (χ4v) is 4.45. The number of alkyl halides is 6. The highest BCUT2D eigenvalue weighted by Crippen LogP contribution is 2.34. The molecule has 2 atom stereocenters. The quantitative estimate of drug-likeness (QED) is 0.199. The van der Waals surface area contributed by atoms with Gasteiger partial charge in [-0.25, -0.2) is 9.97 Å². The SMILES string of the molecule is CC(CCc1nc2cc(C(=O)N[C@@H](c3ccccc3)C(F)(F)F)ccc2nc1-c1ccc(C(F)(F)F)cc1)CC(=O)O. The number of carboxylic acids is 1. The molecule has 0 fully saturated rings. The van der Waals surface area contributed by atoms with E-state index in [0.717, 1.165) is 12.1 Å². The molecule has 0 aliphatic carbocycles. The number of nitrogens with one attached hydrogen (secondary N) is 1. The molecule has 42 heavy (non-hydrogen) atoms. The number of aryl methyl sites for hydroxylation is 1. The molecule has 0 saturated heterocycles. The zero-order valence-corrected chi connectivity index (χ0v) is 22.1. The molecule has 4 rings (SSSR count). The number of rotatable bonds is 9. The van der Waals surface area contributed by atoms with Gasteiger partial charge in [-0.2, -0.15) is 26.3 Å². The second-order valence-corrected chi connectivity index (χ2v) is 9.90. The van der Waals surface area contributed by atoms with Crippen LogP contribution in [0.1, 0.15) is 53.0 Å². The fraction of sp³-hybridized carbons (Fsp3) is 0.267. The maximum Gasteiger partial charge on any atom is 0.416 e. The molecule has 3 aromatic carbocycles. The first-order valence-electron chi connectivity index (χ1n) is 12.8. The van der Waals surface area contributed by atoms with Crippen LogP contribution in [-0.2, 0) is 17.4 Å². The van der Waals surface area contributed by atoms with Crippen molar-refractivity contribution in [1.29, 1.82) is 0 Å². The van der Waals surface area contributed by atoms with Crippen LogP contribution in [0.5, 0.6) is 0 Å². The average Bonchev–Trinajstić information content (AvgIpc) is 2.93. The molecule has 0 aliphatic heterocycles. The minimum atomic E-state index is -4.76. The van der Waals surface area contributed by atoms with Gasteiger partial charge < -0.3 is 10.4 Å². The Balaban J connectivity index is 1.70. The number of amides is 1. The van der Waals surface area contributed by atoms with E-state index in [0.29, 0.717) is 17.7 Å². The van der Waals surface area contributed by atoms with Gasteiger partial charge in [0.25, 0.3) is 5.91 Å². The maximum absolute atomic E-state index is 13.8. The topological polar surface area (TPSA) is 92.2 Å². The largest absolute Gasteiger partial charge is 0.481 e. The van der Waals surface area contributed by atoms with E-state index in [9.17, 15) is 35.9 Å². The third-order valence-corrected chi connectivity index (χ3v) is 6.62. The summed E-state index contributed by atoms with van der Waals surface area (Å²) in [5.41, 5.74) is 0.316. The summed E-state index contributed by atoms with van der Waals surface area (Å²) in [6.07, 6.45) is -8.82. The highest BCUT2D eigenvalue weighted by Gasteiger charge is 2.42. The van der Waals surface area contributed by atoms with Gasteiger partial charge in [0.2, 0.25) is 0 Å². The van der Waals surface area contributed by atoms with Crippen molar-refractivity contribution in [3.63, 3.8) is 0 Å². The Kier molecular flexibility index (Phi) is 8.83. The van der Waals surface area contributed by atoms with Crippen LogP contribution in [0.3, 0.4) is 0 Å². The van der Waals surface area contributed by atoms with Crippen molar-refractivity contribution in [2.75, 3.05) is 0 Å². The molecular formula is C30H25F6N3O3. The molecule has 6 nitrogen and oxygen atoms in total. The maximum atomic E-state index is 13.8. The molecule has 0 radical (unpaired) electrons. The lowest BCUT2D eigenvalue weighted by Gasteiger charge is -2.22. The van der Waals surface area contributed by atoms with Crippen molar-refractivity contribution in [2.45, 2.75) is 44.6 Å². The fourth-order valence-electron chi connectivity index (χ4n) is 4.45. The van der Waals surface area contributed by atoms with Gasteiger partial charge in [-0.15, -0.1) is 0 Å². The van der Waals surface area contributed by atoms with E-state index in [2.05, 4.69) is 9.97 Å². The number of halogens is 6. The Morgan fingerprint density at radius 3 is 2.14 bits per heavy atom. The first kappa shape index (κ1) is 30.5. The van der Waals surface area contributed by atoms with Crippen LogP contribution in [0.25, 0.3) is 22.3 Å². The summed E-state index contributed by atoms with van der Waals surface area (Å²) in [5, 5.41) is 11.1. The van der Waals surface area contributed by atoms with Crippen LogP contribution in [0.2, 0.25) is 0 Å². The van der Waals surface area contributed by atoms with Gasteiger partial charge in [0.1, 0.15) is 0 Å². The number of nitrogens with zero attached hydrogens (tertiary/aromatic N) is 2. The molecule has 1 aromatic heterocycles. The normalized spacial score (nSPS) is 13.5. The lowest BCUT2D eigenvalue weighted by Crippen LogP contribution is -2.38. The monoisotopic (exact) mass is 589 g/mol. The second-order valence-electron chi connectivity index (χ2n) is 9.90. The summed E-state index contributed by atoms with van der Waals surface area (Å²) < 4.78 is 80.6. The summed E-state index contributed by atoms with van der Waals surface area (Å²) in [6.45, 7) is 1.73. The van der Waals surface area contributed by atoms with E-state index in [1.807, 2.05) is 5.32 Å². The number of hydrogen-bond acceptors (Lipinski definition) is 4. The molecular weight excluding hydrogens is 564 g/mol. The molecule has 1 heterocycles. The number of carbonyl (C=O) groups excluding carboxylic acids is 1. The minimum absolute atomic E-state index is 0.102. The Morgan fingerprint density at radius 2 is 1.55 bits per heavy atom. The van der Waals surface area contributed by atoms with E-state index in [1.165, 1.54) is 54.6 Å². The zero-order chi connectivity index (χ0) is 30.7. The number of carbonyl (C=O) groups is 2. The molecule has 220 valence electrons. The Hall–Kier alpha value is -4.48. The summed E-state index contributed by atoms with van der Waals surface area (Å²) in [4.78, 5) is 33.1. The van der Waals surface area contributed by atoms with Crippen LogP contribution < -0.4 is 5.32 Å². The Labute approximate surface area is 236 Å². The van der Waals surface area contributed by atoms with Gasteiger partial charge >= 0.3 is 18.3 Å². The molecule has 0 saturated carbocycles. The van der Waals surface area contributed by atoms with Crippen LogP contribution in [-0.4, -0.2) is 33.1 Å². The van der Waals surface area contributed by atoms with Crippen LogP contribution in [0.15, 0.2) is 72.8 Å². The molecule has 12 heteroatoms. The van der Waals surface area contributed by atoms with Gasteiger partial charge in [-0.05, 0) is 54.7 Å². The number of hydrogen-bond donors (Lipinski definition) is 2. The predicted molar refractivity (Wildman–Crippen MR) is 142 cm³/mol. The van der Waals surface area contributed by atoms with E-state index in [-0.39, 0.29) is 46.6 Å². The first-order valence-corrected chi connectivity index (χ1v) is 12.8. The number of fused-ring (bicyclic) bond motifs is 1. The highest BCUT2D eigenvalue weighted by atomic mass is 19.4. The molecule has 1 amide bonds. The summed E-state index contributed by atoms with van der Waals surface area (Å²) in [7, 11) is 0. The number of aromatic nitrogens is 2. The third kappa shape index (κ3) is 7.42. The average molecular weight is 590 g/mol. The van der Waals surface area contributed by atoms with Crippen molar-refractivity contribution >= 4 is 22.9 Å². The first-order chi connectivity index (χ1) is 19.7. The van der Waals surface area contributed by atoms with Crippen molar-refractivity contribution < 1.29 is 41.0 Å². The molecule has 0 spiro atoms. The van der Waals surface area contributed by atoms with Gasteiger partial charge in [-0.3, -0.25) is 9.59 Å². The van der Waals surface area contributed by atoms with Crippen LogP contribution >= 0.6 is 0 Å². The Bertz CT molecular complexity index is 1570. The van der Waals surface area contributed by atoms with E-state index in [1.54, 1.807) is 13.0 Å². The number of carboxylic acid groups (broad SMARTS) is 1. The van der Waals surface area contributed by atoms with Gasteiger partial charge in [-0.1, -0.05) is 49.4 Å². The predicted octanol–water partition coefficient (Wildman–Crippen LogP) is 7.39. The van der Waals surface area contributed by atoms with Gasteiger partial charge in [0.05, 0.1) is 28.0 Å². The summed E-state index contributed by atoms with van der Waals surface area (Å²) in [6, 6.07) is 13.0. The second kappa shape index (κ2) is 12.2. The lowest BCUT2D eigenvalue weighted by atomic mass is 9.97. The Morgan fingerprint density at radius 1 is 0.881 bits per heavy atom.